The first-order valence-electron chi connectivity index (χ1n) is 3.25. The molecule has 0 rings (SSSR count). The molecule has 0 saturated heterocycles. The second kappa shape index (κ2) is 3.73. The van der Waals surface area contributed by atoms with Crippen LogP contribution in [0.2, 0.25) is 19.6 Å². The minimum absolute atomic E-state index is 0.416. The zero-order valence-corrected chi connectivity index (χ0v) is 8.05. The molecule has 0 atom stereocenters. The fourth-order valence-corrected chi connectivity index (χ4v) is 0.917. The maximum atomic E-state index is 10.1. The fourth-order valence-electron chi connectivity index (χ4n) is 0.326. The zero-order valence-electron chi connectivity index (χ0n) is 7.05. The SMILES string of the molecule is CN(C=O)CO[Si](C)(C)C. The van der Waals surface area contributed by atoms with E-state index in [1.54, 1.807) is 7.05 Å². The quantitative estimate of drug-likeness (QED) is 0.348. The first-order chi connectivity index (χ1) is 4.45. The van der Waals surface area contributed by atoms with Crippen LogP contribution in [0.25, 0.3) is 0 Å². The zero-order chi connectivity index (χ0) is 8.20. The third kappa shape index (κ3) is 5.78. The Hall–Kier alpha value is -0.353. The Balaban J connectivity index is 3.45. The highest BCUT2D eigenvalue weighted by Crippen LogP contribution is 2.01. The van der Waals surface area contributed by atoms with Crippen molar-refractivity contribution < 1.29 is 9.22 Å². The second-order valence-electron chi connectivity index (χ2n) is 3.25. The average Bonchev–Trinajstić information content (AvgIpc) is 1.81. The highest BCUT2D eigenvalue weighted by atomic mass is 28.4. The lowest BCUT2D eigenvalue weighted by molar-refractivity contribution is -0.119. The summed E-state index contributed by atoms with van der Waals surface area (Å²) in [5.41, 5.74) is 0. The molecular formula is C6H15NO2Si. The average molecular weight is 161 g/mol. The Morgan fingerprint density at radius 2 is 2.00 bits per heavy atom. The Morgan fingerprint density at radius 1 is 1.50 bits per heavy atom. The van der Waals surface area contributed by atoms with Gasteiger partial charge in [-0.05, 0) is 19.6 Å². The molecule has 4 heteroatoms. The molecule has 0 bridgehead atoms. The van der Waals surface area contributed by atoms with Crippen LogP contribution in [0, 0.1) is 0 Å². The van der Waals surface area contributed by atoms with E-state index in [2.05, 4.69) is 19.6 Å². The lowest BCUT2D eigenvalue weighted by Gasteiger charge is -2.20. The number of nitrogens with zero attached hydrogens (tertiary/aromatic N) is 1. The summed E-state index contributed by atoms with van der Waals surface area (Å²) in [5, 5.41) is 0. The molecule has 0 saturated carbocycles. The molecule has 0 aliphatic carbocycles. The van der Waals surface area contributed by atoms with Crippen LogP contribution in [0.15, 0.2) is 0 Å². The van der Waals surface area contributed by atoms with Gasteiger partial charge in [0, 0.05) is 7.05 Å². The fraction of sp³-hybridized carbons (Fsp3) is 0.833. The predicted octanol–water partition coefficient (Wildman–Crippen LogP) is 0.884. The maximum absolute atomic E-state index is 10.1. The van der Waals surface area contributed by atoms with Crippen molar-refractivity contribution in [2.75, 3.05) is 13.8 Å². The molecule has 0 heterocycles. The van der Waals surface area contributed by atoms with Crippen LogP contribution in [0.5, 0.6) is 0 Å². The van der Waals surface area contributed by atoms with E-state index >= 15 is 0 Å². The number of amides is 1. The summed E-state index contributed by atoms with van der Waals surface area (Å²) in [6.45, 7) is 6.68. The number of hydrogen-bond acceptors (Lipinski definition) is 2. The van der Waals surface area contributed by atoms with Crippen LogP contribution in [0.3, 0.4) is 0 Å². The number of rotatable bonds is 4. The minimum atomic E-state index is -1.44. The van der Waals surface area contributed by atoms with E-state index in [1.165, 1.54) is 4.90 Å². The third-order valence-corrected chi connectivity index (χ3v) is 1.88. The monoisotopic (exact) mass is 161 g/mol. The Labute approximate surface area is 63.1 Å². The predicted molar refractivity (Wildman–Crippen MR) is 43.1 cm³/mol. The molecule has 0 aromatic carbocycles. The number of carbonyl (C=O) groups excluding carboxylic acids is 1. The van der Waals surface area contributed by atoms with Gasteiger partial charge >= 0.3 is 0 Å². The first kappa shape index (κ1) is 9.65. The van der Waals surface area contributed by atoms with Gasteiger partial charge in [0.2, 0.25) is 6.41 Å². The van der Waals surface area contributed by atoms with Crippen LogP contribution in [-0.4, -0.2) is 33.4 Å². The van der Waals surface area contributed by atoms with Gasteiger partial charge in [-0.15, -0.1) is 0 Å². The summed E-state index contributed by atoms with van der Waals surface area (Å²) >= 11 is 0. The van der Waals surface area contributed by atoms with Crippen molar-refractivity contribution in [1.82, 2.24) is 4.90 Å². The molecule has 0 aromatic heterocycles. The first-order valence-corrected chi connectivity index (χ1v) is 6.66. The summed E-state index contributed by atoms with van der Waals surface area (Å²) in [4.78, 5) is 11.6. The Bertz CT molecular complexity index is 111. The molecule has 1 amide bonds. The molecule has 0 spiro atoms. The second-order valence-corrected chi connectivity index (χ2v) is 7.76. The summed E-state index contributed by atoms with van der Waals surface area (Å²) in [6.07, 6.45) is 0.764. The van der Waals surface area contributed by atoms with E-state index < -0.39 is 8.32 Å². The van der Waals surface area contributed by atoms with Crippen molar-refractivity contribution in [2.45, 2.75) is 19.6 Å². The van der Waals surface area contributed by atoms with Gasteiger partial charge in [0.1, 0.15) is 6.73 Å². The van der Waals surface area contributed by atoms with Crippen molar-refractivity contribution in [2.24, 2.45) is 0 Å². The standard InChI is InChI=1S/C6H15NO2Si/c1-7(5-8)6-9-10(2,3)4/h5H,6H2,1-4H3. The van der Waals surface area contributed by atoms with E-state index in [0.29, 0.717) is 6.73 Å². The van der Waals surface area contributed by atoms with Gasteiger partial charge in [-0.25, -0.2) is 0 Å². The van der Waals surface area contributed by atoms with Crippen LogP contribution >= 0.6 is 0 Å². The molecule has 10 heavy (non-hydrogen) atoms. The molecule has 60 valence electrons. The van der Waals surface area contributed by atoms with E-state index in [1.807, 2.05) is 0 Å². The summed E-state index contributed by atoms with van der Waals surface area (Å²) in [5.74, 6) is 0. The molecular weight excluding hydrogens is 146 g/mol. The molecule has 0 N–H and O–H groups in total. The molecule has 0 unspecified atom stereocenters. The van der Waals surface area contributed by atoms with Gasteiger partial charge in [0.05, 0.1) is 0 Å². The summed E-state index contributed by atoms with van der Waals surface area (Å²) in [7, 11) is 0.265. The van der Waals surface area contributed by atoms with Gasteiger partial charge in [-0.3, -0.25) is 4.79 Å². The molecule has 0 fully saturated rings. The highest BCUT2D eigenvalue weighted by Gasteiger charge is 2.13. The van der Waals surface area contributed by atoms with Gasteiger partial charge in [-0.2, -0.15) is 0 Å². The molecule has 0 radical (unpaired) electrons. The minimum Gasteiger partial charge on any atom is -0.400 e. The van der Waals surface area contributed by atoms with Crippen LogP contribution in [0.1, 0.15) is 0 Å². The highest BCUT2D eigenvalue weighted by molar-refractivity contribution is 6.69. The van der Waals surface area contributed by atoms with E-state index in [4.69, 9.17) is 4.43 Å². The molecule has 3 nitrogen and oxygen atoms in total. The lowest BCUT2D eigenvalue weighted by atomic mass is 10.9. The van der Waals surface area contributed by atoms with Gasteiger partial charge in [0.25, 0.3) is 0 Å². The normalized spacial score (nSPS) is 11.2. The van der Waals surface area contributed by atoms with E-state index in [0.717, 1.165) is 6.41 Å². The van der Waals surface area contributed by atoms with E-state index in [-0.39, 0.29) is 0 Å². The van der Waals surface area contributed by atoms with Crippen molar-refractivity contribution in [3.63, 3.8) is 0 Å². The Morgan fingerprint density at radius 3 is 2.30 bits per heavy atom. The number of carbonyl (C=O) groups is 1. The van der Waals surface area contributed by atoms with Crippen molar-refractivity contribution in [1.29, 1.82) is 0 Å². The number of hydrogen-bond donors (Lipinski definition) is 0. The smallest absolute Gasteiger partial charge is 0.211 e. The van der Waals surface area contributed by atoms with Gasteiger partial charge in [-0.1, -0.05) is 0 Å². The lowest BCUT2D eigenvalue weighted by Crippen LogP contribution is -2.32. The maximum Gasteiger partial charge on any atom is 0.211 e. The molecule has 0 aliphatic heterocycles. The topological polar surface area (TPSA) is 29.5 Å². The van der Waals surface area contributed by atoms with Crippen molar-refractivity contribution in [3.8, 4) is 0 Å². The Kier molecular flexibility index (Phi) is 3.60. The largest absolute Gasteiger partial charge is 0.400 e. The third-order valence-electron chi connectivity index (χ3n) is 0.881. The van der Waals surface area contributed by atoms with Crippen LogP contribution in [0.4, 0.5) is 0 Å². The van der Waals surface area contributed by atoms with E-state index in [9.17, 15) is 4.79 Å². The van der Waals surface area contributed by atoms with Crippen molar-refractivity contribution >= 4 is 14.7 Å². The van der Waals surface area contributed by atoms with Crippen LogP contribution < -0.4 is 0 Å². The van der Waals surface area contributed by atoms with Crippen LogP contribution in [-0.2, 0) is 9.22 Å². The van der Waals surface area contributed by atoms with Gasteiger partial charge < -0.3 is 9.33 Å². The molecule has 0 aromatic rings. The summed E-state index contributed by atoms with van der Waals surface area (Å²) in [6, 6.07) is 0. The summed E-state index contributed by atoms with van der Waals surface area (Å²) < 4.78 is 5.42. The van der Waals surface area contributed by atoms with Crippen molar-refractivity contribution in [3.05, 3.63) is 0 Å². The van der Waals surface area contributed by atoms with Gasteiger partial charge in [0.15, 0.2) is 8.32 Å². The molecule has 0 aliphatic rings.